The van der Waals surface area contributed by atoms with Gasteiger partial charge in [0.1, 0.15) is 6.61 Å². The summed E-state index contributed by atoms with van der Waals surface area (Å²) < 4.78 is 5.63. The maximum atomic E-state index is 12.7. The molecule has 0 aliphatic heterocycles. The highest BCUT2D eigenvalue weighted by Gasteiger charge is 2.44. The molecule has 3 aliphatic rings. The van der Waals surface area contributed by atoms with Crippen molar-refractivity contribution < 1.29 is 24.2 Å². The SMILES string of the molecule is O=C(N[C@@H]1C=CC[C@@H](C(=O)NCC2(C(=O)O)CCC2)C1)OCC1c2ccccc2-c2ccccc21. The predicted octanol–water partition coefficient (Wildman–Crippen LogP) is 4.23. The number of carbonyl (C=O) groups excluding carboxylic acids is 2. The summed E-state index contributed by atoms with van der Waals surface area (Å²) in [5, 5.41) is 15.2. The smallest absolute Gasteiger partial charge is 0.407 e. The Morgan fingerprint density at radius 3 is 2.26 bits per heavy atom. The van der Waals surface area contributed by atoms with E-state index in [-0.39, 0.29) is 36.9 Å². The molecule has 7 heteroatoms. The second-order valence-corrected chi connectivity index (χ2v) is 9.83. The lowest BCUT2D eigenvalue weighted by molar-refractivity contribution is -0.154. The lowest BCUT2D eigenvalue weighted by Crippen LogP contribution is -2.49. The summed E-state index contributed by atoms with van der Waals surface area (Å²) >= 11 is 0. The molecule has 2 aromatic rings. The van der Waals surface area contributed by atoms with E-state index in [0.29, 0.717) is 25.7 Å². The fourth-order valence-corrected chi connectivity index (χ4v) is 5.47. The van der Waals surface area contributed by atoms with Crippen LogP contribution in [-0.2, 0) is 14.3 Å². The van der Waals surface area contributed by atoms with E-state index >= 15 is 0 Å². The summed E-state index contributed by atoms with van der Waals surface area (Å²) in [5.74, 6) is -1.34. The molecule has 3 N–H and O–H groups in total. The molecule has 182 valence electrons. The Kier molecular flexibility index (Phi) is 6.32. The summed E-state index contributed by atoms with van der Waals surface area (Å²) in [6, 6.07) is 16.1. The summed E-state index contributed by atoms with van der Waals surface area (Å²) in [6.45, 7) is 0.392. The number of hydrogen-bond donors (Lipinski definition) is 3. The third kappa shape index (κ3) is 4.55. The van der Waals surface area contributed by atoms with Crippen LogP contribution in [0.1, 0.15) is 49.1 Å². The third-order valence-corrected chi connectivity index (χ3v) is 7.71. The molecule has 1 fully saturated rings. The van der Waals surface area contributed by atoms with Crippen LogP contribution in [-0.4, -0.2) is 42.3 Å². The summed E-state index contributed by atoms with van der Waals surface area (Å²) in [4.78, 5) is 36.8. The molecule has 0 heterocycles. The Morgan fingerprint density at radius 2 is 1.66 bits per heavy atom. The van der Waals surface area contributed by atoms with Gasteiger partial charge in [0.2, 0.25) is 5.91 Å². The van der Waals surface area contributed by atoms with Gasteiger partial charge in [-0.2, -0.15) is 0 Å². The highest BCUT2D eigenvalue weighted by molar-refractivity contribution is 5.82. The summed E-state index contributed by atoms with van der Waals surface area (Å²) in [5.41, 5.74) is 3.84. The van der Waals surface area contributed by atoms with Gasteiger partial charge in [-0.25, -0.2) is 4.79 Å². The van der Waals surface area contributed by atoms with E-state index in [0.717, 1.165) is 17.5 Å². The summed E-state index contributed by atoms with van der Waals surface area (Å²) in [7, 11) is 0. The van der Waals surface area contributed by atoms with Gasteiger partial charge in [0.15, 0.2) is 0 Å². The van der Waals surface area contributed by atoms with Gasteiger partial charge < -0.3 is 20.5 Å². The van der Waals surface area contributed by atoms with Crippen molar-refractivity contribution in [1.82, 2.24) is 10.6 Å². The Labute approximate surface area is 204 Å². The van der Waals surface area contributed by atoms with Crippen molar-refractivity contribution in [2.75, 3.05) is 13.2 Å². The molecular formula is C28H30N2O5. The van der Waals surface area contributed by atoms with E-state index in [1.165, 1.54) is 11.1 Å². The van der Waals surface area contributed by atoms with Crippen LogP contribution in [0.2, 0.25) is 0 Å². The van der Waals surface area contributed by atoms with Gasteiger partial charge in [-0.05, 0) is 47.9 Å². The maximum Gasteiger partial charge on any atom is 0.407 e. The first kappa shape index (κ1) is 23.1. The van der Waals surface area contributed by atoms with Gasteiger partial charge in [-0.15, -0.1) is 0 Å². The number of allylic oxidation sites excluding steroid dienone is 1. The molecule has 0 spiro atoms. The number of nitrogens with one attached hydrogen (secondary N) is 2. The molecule has 0 unspecified atom stereocenters. The van der Waals surface area contributed by atoms with Crippen LogP contribution < -0.4 is 10.6 Å². The number of aliphatic carboxylic acids is 1. The van der Waals surface area contributed by atoms with Crippen LogP contribution in [0.4, 0.5) is 4.79 Å². The molecule has 0 radical (unpaired) electrons. The lowest BCUT2D eigenvalue weighted by Gasteiger charge is -2.38. The molecule has 2 atom stereocenters. The number of carboxylic acid groups (broad SMARTS) is 1. The third-order valence-electron chi connectivity index (χ3n) is 7.71. The number of carboxylic acids is 1. The molecule has 2 amide bonds. The number of ether oxygens (including phenoxy) is 1. The fraction of sp³-hybridized carbons (Fsp3) is 0.393. The number of benzene rings is 2. The zero-order chi connectivity index (χ0) is 24.4. The second kappa shape index (κ2) is 9.56. The van der Waals surface area contributed by atoms with E-state index in [1.54, 1.807) is 0 Å². The van der Waals surface area contributed by atoms with Gasteiger partial charge >= 0.3 is 12.1 Å². The molecule has 35 heavy (non-hydrogen) atoms. The lowest BCUT2D eigenvalue weighted by atomic mass is 9.68. The van der Waals surface area contributed by atoms with Crippen molar-refractivity contribution in [1.29, 1.82) is 0 Å². The molecule has 3 aliphatic carbocycles. The monoisotopic (exact) mass is 474 g/mol. The molecule has 0 bridgehead atoms. The molecule has 0 aromatic heterocycles. The molecule has 2 aromatic carbocycles. The van der Waals surface area contributed by atoms with Crippen LogP contribution in [0.25, 0.3) is 11.1 Å². The van der Waals surface area contributed by atoms with Crippen LogP contribution in [0, 0.1) is 11.3 Å². The minimum atomic E-state index is -0.845. The molecule has 0 saturated heterocycles. The van der Waals surface area contributed by atoms with Crippen LogP contribution in [0.15, 0.2) is 60.7 Å². The molecule has 5 rings (SSSR count). The van der Waals surface area contributed by atoms with E-state index in [2.05, 4.69) is 34.9 Å². The van der Waals surface area contributed by atoms with Crippen molar-refractivity contribution in [2.45, 2.75) is 44.1 Å². The average molecular weight is 475 g/mol. The number of rotatable bonds is 7. The van der Waals surface area contributed by atoms with Crippen molar-refractivity contribution in [2.24, 2.45) is 11.3 Å². The van der Waals surface area contributed by atoms with Crippen LogP contribution in [0.5, 0.6) is 0 Å². The van der Waals surface area contributed by atoms with E-state index < -0.39 is 17.5 Å². The van der Waals surface area contributed by atoms with Crippen molar-refractivity contribution in [3.8, 4) is 11.1 Å². The minimum Gasteiger partial charge on any atom is -0.481 e. The van der Waals surface area contributed by atoms with Crippen molar-refractivity contribution >= 4 is 18.0 Å². The number of carbonyl (C=O) groups is 3. The first-order valence-electron chi connectivity index (χ1n) is 12.3. The Balaban J connectivity index is 1.14. The zero-order valence-corrected chi connectivity index (χ0v) is 19.5. The molecule has 1 saturated carbocycles. The number of fused-ring (bicyclic) bond motifs is 3. The largest absolute Gasteiger partial charge is 0.481 e. The first-order valence-corrected chi connectivity index (χ1v) is 12.3. The number of amides is 2. The van der Waals surface area contributed by atoms with Crippen molar-refractivity contribution in [3.05, 3.63) is 71.8 Å². The molecule has 7 nitrogen and oxygen atoms in total. The van der Waals surface area contributed by atoms with Gasteiger partial charge in [0.25, 0.3) is 0 Å². The number of alkyl carbamates (subject to hydrolysis) is 1. The maximum absolute atomic E-state index is 12.7. The van der Waals surface area contributed by atoms with E-state index in [1.807, 2.05) is 36.4 Å². The normalized spacial score (nSPS) is 21.8. The second-order valence-electron chi connectivity index (χ2n) is 9.83. The van der Waals surface area contributed by atoms with Gasteiger partial charge in [0, 0.05) is 18.4 Å². The standard InChI is InChI=1S/C28H30N2O5/c31-25(29-17-28(26(32)33)13-6-14-28)18-7-5-8-19(15-18)30-27(34)35-16-24-22-11-3-1-9-20(22)21-10-2-4-12-23(21)24/h1-5,8-12,18-19,24H,6-7,13-17H2,(H,29,31)(H,30,34)(H,32,33)/t18-,19-/m1/s1. The number of hydrogen-bond acceptors (Lipinski definition) is 4. The van der Waals surface area contributed by atoms with Gasteiger partial charge in [0.05, 0.1) is 11.5 Å². The highest BCUT2D eigenvalue weighted by Crippen LogP contribution is 2.44. The van der Waals surface area contributed by atoms with E-state index in [4.69, 9.17) is 4.74 Å². The Morgan fingerprint density at radius 1 is 1.00 bits per heavy atom. The van der Waals surface area contributed by atoms with Crippen molar-refractivity contribution in [3.63, 3.8) is 0 Å². The highest BCUT2D eigenvalue weighted by atomic mass is 16.5. The summed E-state index contributed by atoms with van der Waals surface area (Å²) in [6.07, 6.45) is 6.34. The Bertz CT molecular complexity index is 1120. The topological polar surface area (TPSA) is 105 Å². The Hall–Kier alpha value is -3.61. The van der Waals surface area contributed by atoms with Crippen LogP contribution >= 0.6 is 0 Å². The minimum absolute atomic E-state index is 0.0124. The van der Waals surface area contributed by atoms with Crippen LogP contribution in [0.3, 0.4) is 0 Å². The van der Waals surface area contributed by atoms with Gasteiger partial charge in [-0.3, -0.25) is 9.59 Å². The average Bonchev–Trinajstić information content (AvgIpc) is 3.15. The fourth-order valence-electron chi connectivity index (χ4n) is 5.47. The molecular weight excluding hydrogens is 444 g/mol. The van der Waals surface area contributed by atoms with Gasteiger partial charge in [-0.1, -0.05) is 67.1 Å². The quantitative estimate of drug-likeness (QED) is 0.521. The zero-order valence-electron chi connectivity index (χ0n) is 19.5. The first-order chi connectivity index (χ1) is 17.0. The predicted molar refractivity (Wildman–Crippen MR) is 131 cm³/mol. The van der Waals surface area contributed by atoms with E-state index in [9.17, 15) is 19.5 Å².